The molecule has 20 heavy (non-hydrogen) atoms. The molecule has 3 heteroatoms. The number of aryl methyl sites for hydroxylation is 2. The molecule has 1 N–H and O–H groups in total. The number of Topliss-reactive ketones (excluding diaryl/α,β-unsaturated/α-hetero) is 1. The van der Waals surface area contributed by atoms with Crippen LogP contribution in [0, 0.1) is 13.8 Å². The molecule has 0 aromatic heterocycles. The SMILES string of the molecule is Cc1ccc(C(=O)CNC(=O)c2ccccc2C)cc1. The number of ketones is 1. The van der Waals surface area contributed by atoms with Crippen molar-refractivity contribution < 1.29 is 9.59 Å². The molecule has 0 saturated carbocycles. The summed E-state index contributed by atoms with van der Waals surface area (Å²) in [7, 11) is 0. The van der Waals surface area contributed by atoms with Crippen molar-refractivity contribution in [3.05, 3.63) is 70.8 Å². The van der Waals surface area contributed by atoms with E-state index in [0.29, 0.717) is 11.1 Å². The summed E-state index contributed by atoms with van der Waals surface area (Å²) in [5.74, 6) is -0.310. The van der Waals surface area contributed by atoms with E-state index in [1.165, 1.54) is 0 Å². The first kappa shape index (κ1) is 14.0. The first-order valence-corrected chi connectivity index (χ1v) is 6.51. The van der Waals surface area contributed by atoms with Gasteiger partial charge in [0.25, 0.3) is 5.91 Å². The van der Waals surface area contributed by atoms with Crippen molar-refractivity contribution in [3.8, 4) is 0 Å². The fourth-order valence-electron chi connectivity index (χ4n) is 1.92. The Morgan fingerprint density at radius 3 is 2.25 bits per heavy atom. The van der Waals surface area contributed by atoms with Gasteiger partial charge in [-0.3, -0.25) is 9.59 Å². The average Bonchev–Trinajstić information content (AvgIpc) is 2.45. The number of hydrogen-bond acceptors (Lipinski definition) is 2. The fourth-order valence-corrected chi connectivity index (χ4v) is 1.92. The van der Waals surface area contributed by atoms with Crippen LogP contribution < -0.4 is 5.32 Å². The minimum atomic E-state index is -0.219. The maximum absolute atomic E-state index is 12.0. The summed E-state index contributed by atoms with van der Waals surface area (Å²) in [6.45, 7) is 3.85. The summed E-state index contributed by atoms with van der Waals surface area (Å²) in [6, 6.07) is 14.6. The Bertz CT molecular complexity index is 630. The first-order chi connectivity index (χ1) is 9.58. The normalized spacial score (nSPS) is 10.1. The third-order valence-corrected chi connectivity index (χ3v) is 3.17. The van der Waals surface area contributed by atoms with E-state index >= 15 is 0 Å². The number of nitrogens with one attached hydrogen (secondary N) is 1. The third-order valence-electron chi connectivity index (χ3n) is 3.17. The van der Waals surface area contributed by atoms with Crippen LogP contribution in [0.25, 0.3) is 0 Å². The van der Waals surface area contributed by atoms with E-state index < -0.39 is 0 Å². The fraction of sp³-hybridized carbons (Fsp3) is 0.176. The molecule has 0 aliphatic rings. The second-order valence-corrected chi connectivity index (χ2v) is 4.79. The minimum absolute atomic E-state index is 0.0101. The van der Waals surface area contributed by atoms with E-state index in [-0.39, 0.29) is 18.2 Å². The van der Waals surface area contributed by atoms with Gasteiger partial charge >= 0.3 is 0 Å². The maximum Gasteiger partial charge on any atom is 0.251 e. The quantitative estimate of drug-likeness (QED) is 0.866. The summed E-state index contributed by atoms with van der Waals surface area (Å²) < 4.78 is 0. The topological polar surface area (TPSA) is 46.2 Å². The number of carbonyl (C=O) groups excluding carboxylic acids is 2. The number of hydrogen-bond donors (Lipinski definition) is 1. The van der Waals surface area contributed by atoms with Crippen LogP contribution in [-0.2, 0) is 0 Å². The molecule has 2 aromatic rings. The van der Waals surface area contributed by atoms with E-state index in [4.69, 9.17) is 0 Å². The molecule has 0 unspecified atom stereocenters. The van der Waals surface area contributed by atoms with Gasteiger partial charge in [0.05, 0.1) is 6.54 Å². The molecule has 0 heterocycles. The zero-order valence-corrected chi connectivity index (χ0v) is 11.6. The van der Waals surface area contributed by atoms with Gasteiger partial charge < -0.3 is 5.32 Å². The van der Waals surface area contributed by atoms with Gasteiger partial charge in [-0.25, -0.2) is 0 Å². The molecule has 0 saturated heterocycles. The van der Waals surface area contributed by atoms with Gasteiger partial charge in [-0.1, -0.05) is 48.0 Å². The van der Waals surface area contributed by atoms with Crippen molar-refractivity contribution in [1.82, 2.24) is 5.32 Å². The van der Waals surface area contributed by atoms with Gasteiger partial charge in [0.15, 0.2) is 5.78 Å². The van der Waals surface area contributed by atoms with Crippen molar-refractivity contribution >= 4 is 11.7 Å². The summed E-state index contributed by atoms with van der Waals surface area (Å²) in [5, 5.41) is 2.66. The van der Waals surface area contributed by atoms with Crippen molar-refractivity contribution in [3.63, 3.8) is 0 Å². The Labute approximate surface area is 118 Å². The lowest BCUT2D eigenvalue weighted by molar-refractivity contribution is 0.0903. The van der Waals surface area contributed by atoms with Crippen molar-refractivity contribution in [2.24, 2.45) is 0 Å². The van der Waals surface area contributed by atoms with E-state index in [9.17, 15) is 9.59 Å². The predicted molar refractivity (Wildman–Crippen MR) is 79.0 cm³/mol. The molecule has 0 aliphatic carbocycles. The van der Waals surface area contributed by atoms with Gasteiger partial charge in [0.2, 0.25) is 0 Å². The zero-order chi connectivity index (χ0) is 14.5. The molecular formula is C17H17NO2. The van der Waals surface area contributed by atoms with Crippen LogP contribution in [0.15, 0.2) is 48.5 Å². The van der Waals surface area contributed by atoms with Crippen LogP contribution in [0.5, 0.6) is 0 Å². The molecule has 0 bridgehead atoms. The Morgan fingerprint density at radius 1 is 0.950 bits per heavy atom. The molecule has 0 aliphatic heterocycles. The maximum atomic E-state index is 12.0. The van der Waals surface area contributed by atoms with Gasteiger partial charge in [-0.05, 0) is 25.5 Å². The van der Waals surface area contributed by atoms with Crippen LogP contribution in [0.4, 0.5) is 0 Å². The highest BCUT2D eigenvalue weighted by Gasteiger charge is 2.11. The first-order valence-electron chi connectivity index (χ1n) is 6.51. The van der Waals surface area contributed by atoms with Gasteiger partial charge in [-0.15, -0.1) is 0 Å². The van der Waals surface area contributed by atoms with Crippen LogP contribution in [-0.4, -0.2) is 18.2 Å². The number of amides is 1. The van der Waals surface area contributed by atoms with Crippen molar-refractivity contribution in [2.45, 2.75) is 13.8 Å². The summed E-state index contributed by atoms with van der Waals surface area (Å²) in [4.78, 5) is 24.0. The molecule has 0 radical (unpaired) electrons. The predicted octanol–water partition coefficient (Wildman–Crippen LogP) is 2.92. The highest BCUT2D eigenvalue weighted by molar-refractivity contribution is 6.02. The molecule has 102 valence electrons. The molecular weight excluding hydrogens is 250 g/mol. The monoisotopic (exact) mass is 267 g/mol. The smallest absolute Gasteiger partial charge is 0.251 e. The van der Waals surface area contributed by atoms with Crippen LogP contribution >= 0.6 is 0 Å². The molecule has 3 nitrogen and oxygen atoms in total. The summed E-state index contributed by atoms with van der Waals surface area (Å²) in [6.07, 6.45) is 0. The molecule has 0 atom stereocenters. The summed E-state index contributed by atoms with van der Waals surface area (Å²) in [5.41, 5.74) is 3.21. The van der Waals surface area contributed by atoms with Gasteiger partial charge in [0.1, 0.15) is 0 Å². The van der Waals surface area contributed by atoms with Crippen molar-refractivity contribution in [2.75, 3.05) is 6.54 Å². The van der Waals surface area contributed by atoms with Crippen molar-refractivity contribution in [1.29, 1.82) is 0 Å². The second-order valence-electron chi connectivity index (χ2n) is 4.79. The molecule has 0 fully saturated rings. The third kappa shape index (κ3) is 3.32. The van der Waals surface area contributed by atoms with Crippen LogP contribution in [0.3, 0.4) is 0 Å². The standard InChI is InChI=1S/C17H17NO2/c1-12-7-9-14(10-8-12)16(19)11-18-17(20)15-6-4-3-5-13(15)2/h3-10H,11H2,1-2H3,(H,18,20). The van der Waals surface area contributed by atoms with E-state index in [0.717, 1.165) is 11.1 Å². The molecule has 0 spiro atoms. The Kier molecular flexibility index (Phi) is 4.31. The zero-order valence-electron chi connectivity index (χ0n) is 11.6. The lowest BCUT2D eigenvalue weighted by Crippen LogP contribution is -2.30. The second kappa shape index (κ2) is 6.15. The Hall–Kier alpha value is -2.42. The lowest BCUT2D eigenvalue weighted by Gasteiger charge is -2.07. The number of carbonyl (C=O) groups is 2. The van der Waals surface area contributed by atoms with Crippen LogP contribution in [0.1, 0.15) is 31.8 Å². The number of benzene rings is 2. The van der Waals surface area contributed by atoms with Crippen LogP contribution in [0.2, 0.25) is 0 Å². The molecule has 1 amide bonds. The van der Waals surface area contributed by atoms with Gasteiger partial charge in [-0.2, -0.15) is 0 Å². The molecule has 2 rings (SSSR count). The number of rotatable bonds is 4. The minimum Gasteiger partial charge on any atom is -0.345 e. The Balaban J connectivity index is 1.99. The van der Waals surface area contributed by atoms with Gasteiger partial charge in [0, 0.05) is 11.1 Å². The lowest BCUT2D eigenvalue weighted by atomic mass is 10.1. The largest absolute Gasteiger partial charge is 0.345 e. The average molecular weight is 267 g/mol. The summed E-state index contributed by atoms with van der Waals surface area (Å²) >= 11 is 0. The Morgan fingerprint density at radius 2 is 1.60 bits per heavy atom. The van der Waals surface area contributed by atoms with E-state index in [2.05, 4.69) is 5.32 Å². The van der Waals surface area contributed by atoms with E-state index in [1.54, 1.807) is 18.2 Å². The highest BCUT2D eigenvalue weighted by Crippen LogP contribution is 2.07. The van der Waals surface area contributed by atoms with E-state index in [1.807, 2.05) is 44.2 Å². The molecule has 2 aromatic carbocycles. The highest BCUT2D eigenvalue weighted by atomic mass is 16.2.